The Kier molecular flexibility index (Phi) is 5.60. The maximum atomic E-state index is 14.4. The van der Waals surface area contributed by atoms with E-state index in [0.29, 0.717) is 33.7 Å². The van der Waals surface area contributed by atoms with Gasteiger partial charge in [-0.1, -0.05) is 72.0 Å². The molecule has 9 nitrogen and oxygen atoms in total. The molecule has 1 saturated heterocycles. The van der Waals surface area contributed by atoms with Crippen molar-refractivity contribution in [1.82, 2.24) is 29.0 Å². The van der Waals surface area contributed by atoms with Crippen LogP contribution in [-0.4, -0.2) is 48.5 Å². The second-order valence-corrected chi connectivity index (χ2v) is 10.1. The van der Waals surface area contributed by atoms with Gasteiger partial charge < -0.3 is 4.90 Å². The van der Waals surface area contributed by atoms with E-state index in [9.17, 15) is 14.4 Å². The second-order valence-electron chi connectivity index (χ2n) is 9.15. The fraction of sp³-hybridized carbons (Fsp3) is 0.222. The molecule has 1 amide bonds. The van der Waals surface area contributed by atoms with E-state index in [2.05, 4.69) is 10.2 Å². The molecular formula is C27H24N6O3S. The number of likely N-dealkylation sites (tertiary alicyclic amines) is 1. The normalized spacial score (nSPS) is 15.8. The van der Waals surface area contributed by atoms with Crippen LogP contribution in [0.1, 0.15) is 35.2 Å². The van der Waals surface area contributed by atoms with Crippen LogP contribution < -0.4 is 11.2 Å². The SMILES string of the molecule is Cc1c(-n2nccn2)sc2c1c(=O)n([C@@H]1CCN(C)C1=O)c(=O)n2C(c1ccccc1)c1ccccc1. The number of benzene rings is 2. The number of hydrogen-bond donors (Lipinski definition) is 0. The number of nitrogens with zero attached hydrogens (tertiary/aromatic N) is 6. The van der Waals surface area contributed by atoms with Crippen LogP contribution in [-0.2, 0) is 4.79 Å². The topological polar surface area (TPSA) is 95.0 Å². The zero-order chi connectivity index (χ0) is 25.7. The highest BCUT2D eigenvalue weighted by molar-refractivity contribution is 7.21. The van der Waals surface area contributed by atoms with Gasteiger partial charge >= 0.3 is 5.69 Å². The predicted molar refractivity (Wildman–Crippen MR) is 141 cm³/mol. The Bertz CT molecular complexity index is 1680. The summed E-state index contributed by atoms with van der Waals surface area (Å²) >= 11 is 1.30. The summed E-state index contributed by atoms with van der Waals surface area (Å²) in [6.45, 7) is 2.32. The molecule has 5 aromatic rings. The number of rotatable bonds is 5. The number of likely N-dealkylation sites (N-methyl/N-ethyl adjacent to an activating group) is 1. The third-order valence-corrected chi connectivity index (χ3v) is 8.22. The van der Waals surface area contributed by atoms with Gasteiger partial charge in [-0.25, -0.2) is 9.36 Å². The molecule has 0 N–H and O–H groups in total. The molecule has 0 saturated carbocycles. The van der Waals surface area contributed by atoms with Gasteiger partial charge in [-0.05, 0) is 24.5 Å². The lowest BCUT2D eigenvalue weighted by molar-refractivity contribution is -0.129. The van der Waals surface area contributed by atoms with Crippen LogP contribution in [0, 0.1) is 6.92 Å². The summed E-state index contributed by atoms with van der Waals surface area (Å²) in [5, 5.41) is 9.58. The molecule has 1 aliphatic rings. The van der Waals surface area contributed by atoms with Crippen molar-refractivity contribution in [3.05, 3.63) is 111 Å². The average Bonchev–Trinajstić information content (AvgIpc) is 3.64. The average molecular weight is 513 g/mol. The summed E-state index contributed by atoms with van der Waals surface area (Å²) in [4.78, 5) is 44.9. The molecule has 37 heavy (non-hydrogen) atoms. The van der Waals surface area contributed by atoms with E-state index in [1.807, 2.05) is 67.6 Å². The van der Waals surface area contributed by atoms with E-state index in [-0.39, 0.29) is 5.91 Å². The molecule has 0 spiro atoms. The molecule has 6 rings (SSSR count). The number of aromatic nitrogens is 5. The zero-order valence-electron chi connectivity index (χ0n) is 20.3. The summed E-state index contributed by atoms with van der Waals surface area (Å²) in [7, 11) is 1.69. The minimum Gasteiger partial charge on any atom is -0.344 e. The van der Waals surface area contributed by atoms with E-state index in [0.717, 1.165) is 15.7 Å². The standard InChI is InChI=1S/C27H24N6O3S/c1-17-21-24(35)31(20-13-16-30(2)23(20)34)27(36)32(26(21)37-25(17)33-28-14-15-29-33)22(18-9-5-3-6-10-18)19-11-7-4-8-12-19/h3-12,14-15,20,22H,13,16H2,1-2H3/t20-/m1/s1. The number of thiophene rings is 1. The van der Waals surface area contributed by atoms with Crippen LogP contribution in [0.3, 0.4) is 0 Å². The molecular weight excluding hydrogens is 488 g/mol. The quantitative estimate of drug-likeness (QED) is 0.361. The predicted octanol–water partition coefficient (Wildman–Crippen LogP) is 3.15. The van der Waals surface area contributed by atoms with Crippen LogP contribution in [0.25, 0.3) is 15.2 Å². The first kappa shape index (κ1) is 23.1. The fourth-order valence-corrected chi connectivity index (χ4v) is 6.38. The van der Waals surface area contributed by atoms with Crippen molar-refractivity contribution in [1.29, 1.82) is 0 Å². The second kappa shape index (κ2) is 8.97. The van der Waals surface area contributed by atoms with Gasteiger partial charge in [0.05, 0.1) is 23.8 Å². The molecule has 10 heteroatoms. The first-order chi connectivity index (χ1) is 18.0. The number of fused-ring (bicyclic) bond motifs is 1. The van der Waals surface area contributed by atoms with Gasteiger partial charge in [0.25, 0.3) is 5.56 Å². The number of hydrogen-bond acceptors (Lipinski definition) is 6. The Morgan fingerprint density at radius 2 is 1.51 bits per heavy atom. The smallest absolute Gasteiger partial charge is 0.333 e. The summed E-state index contributed by atoms with van der Waals surface area (Å²) < 4.78 is 2.82. The van der Waals surface area contributed by atoms with Crippen LogP contribution in [0.2, 0.25) is 0 Å². The van der Waals surface area contributed by atoms with Gasteiger partial charge in [-0.3, -0.25) is 14.2 Å². The van der Waals surface area contributed by atoms with Crippen molar-refractivity contribution in [3.8, 4) is 5.00 Å². The van der Waals surface area contributed by atoms with E-state index in [1.165, 1.54) is 16.1 Å². The highest BCUT2D eigenvalue weighted by Crippen LogP contribution is 2.35. The highest BCUT2D eigenvalue weighted by atomic mass is 32.1. The van der Waals surface area contributed by atoms with Gasteiger partial charge in [0.1, 0.15) is 15.9 Å². The first-order valence-corrected chi connectivity index (χ1v) is 12.8. The molecule has 0 bridgehead atoms. The maximum absolute atomic E-state index is 14.4. The van der Waals surface area contributed by atoms with Crippen LogP contribution in [0.4, 0.5) is 0 Å². The molecule has 1 fully saturated rings. The van der Waals surface area contributed by atoms with E-state index in [1.54, 1.807) is 28.9 Å². The van der Waals surface area contributed by atoms with Gasteiger partial charge in [0.15, 0.2) is 0 Å². The van der Waals surface area contributed by atoms with Gasteiger partial charge in [-0.15, -0.1) is 4.80 Å². The summed E-state index contributed by atoms with van der Waals surface area (Å²) in [5.74, 6) is -0.233. The van der Waals surface area contributed by atoms with Crippen LogP contribution in [0.5, 0.6) is 0 Å². The molecule has 0 unspecified atom stereocenters. The monoisotopic (exact) mass is 512 g/mol. The molecule has 186 valence electrons. The lowest BCUT2D eigenvalue weighted by Gasteiger charge is -2.24. The lowest BCUT2D eigenvalue weighted by atomic mass is 9.98. The van der Waals surface area contributed by atoms with E-state index < -0.39 is 23.3 Å². The van der Waals surface area contributed by atoms with Crippen molar-refractivity contribution >= 4 is 27.5 Å². The Balaban J connectivity index is 1.75. The summed E-state index contributed by atoms with van der Waals surface area (Å²) in [6, 6.07) is 18.1. The van der Waals surface area contributed by atoms with Crippen LogP contribution in [0.15, 0.2) is 82.6 Å². The van der Waals surface area contributed by atoms with Crippen molar-refractivity contribution in [2.24, 2.45) is 0 Å². The van der Waals surface area contributed by atoms with Crippen molar-refractivity contribution in [2.75, 3.05) is 13.6 Å². The van der Waals surface area contributed by atoms with Crippen LogP contribution >= 0.6 is 11.3 Å². The zero-order valence-corrected chi connectivity index (χ0v) is 21.1. The third-order valence-electron chi connectivity index (χ3n) is 6.97. The Labute approximate surface area is 215 Å². The molecule has 4 heterocycles. The number of amides is 1. The molecule has 2 aromatic carbocycles. The molecule has 3 aromatic heterocycles. The van der Waals surface area contributed by atoms with Gasteiger partial charge in [0.2, 0.25) is 5.91 Å². The van der Waals surface area contributed by atoms with Crippen molar-refractivity contribution in [3.63, 3.8) is 0 Å². The largest absolute Gasteiger partial charge is 0.344 e. The summed E-state index contributed by atoms with van der Waals surface area (Å²) in [6.07, 6.45) is 3.53. The van der Waals surface area contributed by atoms with Gasteiger partial charge in [-0.2, -0.15) is 10.2 Å². The lowest BCUT2D eigenvalue weighted by Crippen LogP contribution is -2.45. The number of carbonyl (C=O) groups is 1. The Hall–Kier alpha value is -4.31. The van der Waals surface area contributed by atoms with Crippen molar-refractivity contribution in [2.45, 2.75) is 25.4 Å². The summed E-state index contributed by atoms with van der Waals surface area (Å²) in [5.41, 5.74) is 1.48. The van der Waals surface area contributed by atoms with Gasteiger partial charge in [0, 0.05) is 19.2 Å². The molecule has 0 radical (unpaired) electrons. The Morgan fingerprint density at radius 3 is 2.05 bits per heavy atom. The maximum Gasteiger partial charge on any atom is 0.333 e. The number of carbonyl (C=O) groups excluding carboxylic acids is 1. The minimum absolute atomic E-state index is 0.233. The molecule has 1 atom stereocenters. The highest BCUT2D eigenvalue weighted by Gasteiger charge is 2.36. The molecule has 1 aliphatic heterocycles. The minimum atomic E-state index is -0.849. The molecule has 0 aliphatic carbocycles. The van der Waals surface area contributed by atoms with E-state index in [4.69, 9.17) is 0 Å². The fourth-order valence-electron chi connectivity index (χ4n) is 5.14. The third kappa shape index (κ3) is 3.63. The Morgan fingerprint density at radius 1 is 0.919 bits per heavy atom. The first-order valence-electron chi connectivity index (χ1n) is 12.0. The van der Waals surface area contributed by atoms with Crippen molar-refractivity contribution < 1.29 is 4.79 Å². The van der Waals surface area contributed by atoms with E-state index >= 15 is 0 Å². The number of aryl methyl sites for hydroxylation is 1.